The van der Waals surface area contributed by atoms with Crippen LogP contribution in [0.3, 0.4) is 0 Å². The van der Waals surface area contributed by atoms with Crippen LogP contribution < -0.4 is 0 Å². The van der Waals surface area contributed by atoms with Crippen molar-refractivity contribution >= 4 is 11.9 Å². The molecule has 2 aliphatic rings. The zero-order chi connectivity index (χ0) is 15.9. The van der Waals surface area contributed by atoms with Gasteiger partial charge in [-0.05, 0) is 55.2 Å². The molecule has 0 amide bonds. The van der Waals surface area contributed by atoms with Gasteiger partial charge in [0.2, 0.25) is 0 Å². The highest BCUT2D eigenvalue weighted by atomic mass is 19.1. The molecule has 0 aromatic heterocycles. The van der Waals surface area contributed by atoms with Crippen molar-refractivity contribution in [1.29, 1.82) is 0 Å². The van der Waals surface area contributed by atoms with E-state index >= 15 is 0 Å². The first kappa shape index (κ1) is 15.4. The number of rotatable bonds is 1. The summed E-state index contributed by atoms with van der Waals surface area (Å²) in [4.78, 5) is 13.0. The summed E-state index contributed by atoms with van der Waals surface area (Å²) in [7, 11) is 0. The Kier molecular flexibility index (Phi) is 3.94. The van der Waals surface area contributed by atoms with Crippen molar-refractivity contribution in [3.63, 3.8) is 0 Å². The minimum atomic E-state index is -0.409. The molecule has 118 valence electrons. The van der Waals surface area contributed by atoms with Crippen LogP contribution in [0.15, 0.2) is 29.8 Å². The van der Waals surface area contributed by atoms with Gasteiger partial charge >= 0.3 is 0 Å². The lowest BCUT2D eigenvalue weighted by atomic mass is 9.55. The quantitative estimate of drug-likeness (QED) is 0.797. The van der Waals surface area contributed by atoms with E-state index in [1.807, 2.05) is 13.8 Å². The van der Waals surface area contributed by atoms with Gasteiger partial charge in [-0.3, -0.25) is 4.79 Å². The van der Waals surface area contributed by atoms with E-state index in [9.17, 15) is 14.3 Å². The normalized spacial score (nSPS) is 37.2. The molecule has 1 N–H and O–H groups in total. The summed E-state index contributed by atoms with van der Waals surface area (Å²) >= 11 is 0. The van der Waals surface area contributed by atoms with Gasteiger partial charge in [0.1, 0.15) is 5.82 Å². The molecule has 0 bridgehead atoms. The minimum Gasteiger partial charge on any atom is -0.393 e. The van der Waals surface area contributed by atoms with Crippen molar-refractivity contribution in [1.82, 2.24) is 0 Å². The van der Waals surface area contributed by atoms with Crippen molar-refractivity contribution in [3.05, 3.63) is 41.2 Å². The Morgan fingerprint density at radius 3 is 2.77 bits per heavy atom. The van der Waals surface area contributed by atoms with E-state index in [4.69, 9.17) is 0 Å². The van der Waals surface area contributed by atoms with E-state index in [1.54, 1.807) is 24.3 Å². The third kappa shape index (κ3) is 2.41. The highest BCUT2D eigenvalue weighted by Crippen LogP contribution is 2.52. The van der Waals surface area contributed by atoms with Crippen LogP contribution in [0.4, 0.5) is 4.39 Å². The van der Waals surface area contributed by atoms with Gasteiger partial charge in [0, 0.05) is 11.0 Å². The highest BCUT2D eigenvalue weighted by Gasteiger charge is 2.51. The van der Waals surface area contributed by atoms with Gasteiger partial charge in [-0.25, -0.2) is 4.39 Å². The molecule has 3 heteroatoms. The molecule has 4 atom stereocenters. The predicted molar refractivity (Wildman–Crippen MR) is 84.6 cm³/mol. The van der Waals surface area contributed by atoms with E-state index in [0.717, 1.165) is 18.4 Å². The van der Waals surface area contributed by atoms with Crippen LogP contribution in [0.1, 0.15) is 45.1 Å². The number of aliphatic hydroxyl groups excluding tert-OH is 1. The zero-order valence-electron chi connectivity index (χ0n) is 13.2. The van der Waals surface area contributed by atoms with E-state index in [1.165, 1.54) is 6.07 Å². The van der Waals surface area contributed by atoms with E-state index in [0.29, 0.717) is 18.4 Å². The van der Waals surface area contributed by atoms with Gasteiger partial charge < -0.3 is 5.11 Å². The molecule has 0 spiro atoms. The SMILES string of the molecule is C[C@@H]1C(O)CC[C@]2(C)C(=O)C(=Cc3ccccc3F)CCC12. The molecule has 0 radical (unpaired) electrons. The summed E-state index contributed by atoms with van der Waals surface area (Å²) in [5.41, 5.74) is 0.804. The maximum absolute atomic E-state index is 13.8. The topological polar surface area (TPSA) is 37.3 Å². The molecule has 1 aromatic rings. The molecular formula is C19H23FO2. The van der Waals surface area contributed by atoms with Crippen molar-refractivity contribution in [2.75, 3.05) is 0 Å². The standard InChI is InChI=1S/C19H23FO2/c1-12-15-8-7-14(11-13-5-3-4-6-16(13)20)18(22)19(15,2)10-9-17(12)21/h3-6,11-12,15,17,21H,7-10H2,1-2H3/t12-,15?,17?,19-/m0/s1. The fourth-order valence-corrected chi connectivity index (χ4v) is 4.32. The number of carbonyl (C=O) groups is 1. The Hall–Kier alpha value is -1.48. The third-order valence-electron chi connectivity index (χ3n) is 5.79. The predicted octanol–water partition coefficient (Wildman–Crippen LogP) is 3.99. The molecule has 2 aliphatic carbocycles. The largest absolute Gasteiger partial charge is 0.393 e. The van der Waals surface area contributed by atoms with Crippen molar-refractivity contribution in [2.45, 2.75) is 45.6 Å². The molecule has 2 unspecified atom stereocenters. The van der Waals surface area contributed by atoms with E-state index < -0.39 is 5.41 Å². The summed E-state index contributed by atoms with van der Waals surface area (Å²) in [6.07, 6.45) is 4.37. The monoisotopic (exact) mass is 302 g/mol. The molecule has 2 saturated carbocycles. The summed E-state index contributed by atoms with van der Waals surface area (Å²) < 4.78 is 13.8. The van der Waals surface area contributed by atoms with Gasteiger partial charge in [-0.1, -0.05) is 32.0 Å². The average Bonchev–Trinajstić information content (AvgIpc) is 2.50. The number of carbonyl (C=O) groups excluding carboxylic acids is 1. The van der Waals surface area contributed by atoms with Crippen molar-refractivity contribution < 1.29 is 14.3 Å². The molecule has 0 heterocycles. The second-order valence-corrected chi connectivity index (χ2v) is 7.05. The van der Waals surface area contributed by atoms with Crippen molar-refractivity contribution in [2.24, 2.45) is 17.3 Å². The number of aliphatic hydroxyl groups is 1. The molecule has 1 aromatic carbocycles. The lowest BCUT2D eigenvalue weighted by Gasteiger charge is -2.49. The fraction of sp³-hybridized carbons (Fsp3) is 0.526. The lowest BCUT2D eigenvalue weighted by Crippen LogP contribution is -2.50. The lowest BCUT2D eigenvalue weighted by molar-refractivity contribution is -0.137. The van der Waals surface area contributed by atoms with Crippen LogP contribution in [0.25, 0.3) is 6.08 Å². The number of halogens is 1. The molecule has 0 aliphatic heterocycles. The van der Waals surface area contributed by atoms with Gasteiger partial charge in [0.05, 0.1) is 6.10 Å². The van der Waals surface area contributed by atoms with Crippen LogP contribution in [-0.2, 0) is 4.79 Å². The second kappa shape index (κ2) is 5.62. The zero-order valence-corrected chi connectivity index (χ0v) is 13.2. The van der Waals surface area contributed by atoms with Gasteiger partial charge in [0.25, 0.3) is 0 Å². The van der Waals surface area contributed by atoms with Crippen LogP contribution >= 0.6 is 0 Å². The van der Waals surface area contributed by atoms with Crippen LogP contribution in [0.5, 0.6) is 0 Å². The summed E-state index contributed by atoms with van der Waals surface area (Å²) in [5.74, 6) is 0.229. The van der Waals surface area contributed by atoms with Crippen LogP contribution in [0.2, 0.25) is 0 Å². The van der Waals surface area contributed by atoms with E-state index in [2.05, 4.69) is 0 Å². The number of fused-ring (bicyclic) bond motifs is 1. The summed E-state index contributed by atoms with van der Waals surface area (Å²) in [6, 6.07) is 6.56. The number of allylic oxidation sites excluding steroid dienone is 1. The van der Waals surface area contributed by atoms with Crippen LogP contribution in [0, 0.1) is 23.1 Å². The number of ketones is 1. The molecule has 2 fully saturated rings. The fourth-order valence-electron chi connectivity index (χ4n) is 4.32. The van der Waals surface area contributed by atoms with Gasteiger partial charge in [-0.15, -0.1) is 0 Å². The van der Waals surface area contributed by atoms with Crippen molar-refractivity contribution in [3.8, 4) is 0 Å². The Morgan fingerprint density at radius 1 is 1.32 bits per heavy atom. The van der Waals surface area contributed by atoms with Gasteiger partial charge in [-0.2, -0.15) is 0 Å². The summed E-state index contributed by atoms with van der Waals surface area (Å²) in [6.45, 7) is 4.07. The number of benzene rings is 1. The number of hydrogen-bond acceptors (Lipinski definition) is 2. The molecule has 0 saturated heterocycles. The maximum atomic E-state index is 13.8. The Morgan fingerprint density at radius 2 is 2.05 bits per heavy atom. The average molecular weight is 302 g/mol. The first-order chi connectivity index (χ1) is 10.4. The first-order valence-electron chi connectivity index (χ1n) is 8.11. The second-order valence-electron chi connectivity index (χ2n) is 7.05. The Labute approximate surface area is 131 Å². The Balaban J connectivity index is 1.93. The first-order valence-corrected chi connectivity index (χ1v) is 8.11. The number of hydrogen-bond donors (Lipinski definition) is 1. The Bertz CT molecular complexity index is 622. The highest BCUT2D eigenvalue weighted by molar-refractivity contribution is 6.04. The molecule has 2 nitrogen and oxygen atoms in total. The van der Waals surface area contributed by atoms with Gasteiger partial charge in [0.15, 0.2) is 5.78 Å². The summed E-state index contributed by atoms with van der Waals surface area (Å²) in [5, 5.41) is 10.1. The minimum absolute atomic E-state index is 0.144. The molecule has 3 rings (SSSR count). The molecule has 22 heavy (non-hydrogen) atoms. The third-order valence-corrected chi connectivity index (χ3v) is 5.79. The number of Topliss-reactive ketones (excluding diaryl/α,β-unsaturated/α-hetero) is 1. The maximum Gasteiger partial charge on any atom is 0.165 e. The van der Waals surface area contributed by atoms with E-state index in [-0.39, 0.29) is 29.5 Å². The van der Waals surface area contributed by atoms with Crippen LogP contribution in [-0.4, -0.2) is 17.0 Å². The molecular weight excluding hydrogens is 279 g/mol. The smallest absolute Gasteiger partial charge is 0.165 e.